The Bertz CT molecular complexity index is 323. The molecule has 2 N–H and O–H groups in total. The Labute approximate surface area is 78.4 Å². The van der Waals surface area contributed by atoms with Crippen LogP contribution in [0.5, 0.6) is 0 Å². The zero-order valence-electron chi connectivity index (χ0n) is 6.85. The SMILES string of the molecule is Cc1nc(C(NC=O)C(=O)O)cs1. The van der Waals surface area contributed by atoms with Crippen molar-refractivity contribution in [1.82, 2.24) is 10.3 Å². The van der Waals surface area contributed by atoms with Gasteiger partial charge in [0.05, 0.1) is 10.7 Å². The smallest absolute Gasteiger partial charge is 0.332 e. The van der Waals surface area contributed by atoms with Crippen LogP contribution in [0, 0.1) is 6.92 Å². The molecule has 0 fully saturated rings. The number of carbonyl (C=O) groups is 2. The molecule has 0 bridgehead atoms. The average molecular weight is 200 g/mol. The lowest BCUT2D eigenvalue weighted by molar-refractivity contribution is -0.140. The van der Waals surface area contributed by atoms with Gasteiger partial charge in [-0.1, -0.05) is 0 Å². The van der Waals surface area contributed by atoms with Crippen molar-refractivity contribution < 1.29 is 14.7 Å². The van der Waals surface area contributed by atoms with E-state index in [1.807, 2.05) is 0 Å². The lowest BCUT2D eigenvalue weighted by Crippen LogP contribution is -2.27. The van der Waals surface area contributed by atoms with Crippen molar-refractivity contribution in [3.8, 4) is 0 Å². The molecule has 1 atom stereocenters. The Morgan fingerprint density at radius 3 is 2.92 bits per heavy atom. The van der Waals surface area contributed by atoms with Crippen LogP contribution in [0.1, 0.15) is 16.7 Å². The zero-order chi connectivity index (χ0) is 9.84. The molecule has 6 heteroatoms. The number of hydrogen-bond donors (Lipinski definition) is 2. The van der Waals surface area contributed by atoms with E-state index in [1.165, 1.54) is 11.3 Å². The van der Waals surface area contributed by atoms with E-state index in [4.69, 9.17) is 5.11 Å². The molecule has 1 aromatic heterocycles. The molecule has 0 aliphatic carbocycles. The van der Waals surface area contributed by atoms with Gasteiger partial charge in [-0.05, 0) is 6.92 Å². The van der Waals surface area contributed by atoms with Gasteiger partial charge in [-0.25, -0.2) is 9.78 Å². The maximum Gasteiger partial charge on any atom is 0.332 e. The minimum Gasteiger partial charge on any atom is -0.479 e. The van der Waals surface area contributed by atoms with Crippen molar-refractivity contribution in [3.05, 3.63) is 16.1 Å². The summed E-state index contributed by atoms with van der Waals surface area (Å²) in [5, 5.41) is 13.3. The van der Waals surface area contributed by atoms with Gasteiger partial charge in [-0.15, -0.1) is 11.3 Å². The van der Waals surface area contributed by atoms with Crippen molar-refractivity contribution in [2.45, 2.75) is 13.0 Å². The second-order valence-electron chi connectivity index (χ2n) is 2.35. The molecular weight excluding hydrogens is 192 g/mol. The number of rotatable bonds is 4. The van der Waals surface area contributed by atoms with Crippen molar-refractivity contribution in [2.75, 3.05) is 0 Å². The minimum absolute atomic E-state index is 0.355. The van der Waals surface area contributed by atoms with E-state index in [1.54, 1.807) is 12.3 Å². The quantitative estimate of drug-likeness (QED) is 0.686. The summed E-state index contributed by atoms with van der Waals surface area (Å²) in [6.45, 7) is 1.77. The van der Waals surface area contributed by atoms with Gasteiger partial charge in [0, 0.05) is 5.38 Å². The summed E-state index contributed by atoms with van der Waals surface area (Å²) in [6.07, 6.45) is 0.355. The van der Waals surface area contributed by atoms with Gasteiger partial charge in [0.25, 0.3) is 0 Å². The fourth-order valence-electron chi connectivity index (χ4n) is 0.864. The molecular formula is C7H8N2O3S. The highest BCUT2D eigenvalue weighted by atomic mass is 32.1. The van der Waals surface area contributed by atoms with Crippen LogP contribution in [-0.4, -0.2) is 22.5 Å². The summed E-state index contributed by atoms with van der Waals surface area (Å²) < 4.78 is 0. The van der Waals surface area contributed by atoms with Gasteiger partial charge in [-0.3, -0.25) is 4.79 Å². The van der Waals surface area contributed by atoms with Gasteiger partial charge < -0.3 is 10.4 Å². The van der Waals surface area contributed by atoms with Crippen molar-refractivity contribution in [3.63, 3.8) is 0 Å². The number of thiazole rings is 1. The number of aliphatic carboxylic acids is 1. The number of aromatic nitrogens is 1. The fourth-order valence-corrected chi connectivity index (χ4v) is 1.50. The zero-order valence-corrected chi connectivity index (χ0v) is 7.67. The molecule has 0 aromatic carbocycles. The van der Waals surface area contributed by atoms with Gasteiger partial charge in [0.15, 0.2) is 6.04 Å². The Hall–Kier alpha value is -1.43. The van der Waals surface area contributed by atoms with Gasteiger partial charge in [0.1, 0.15) is 0 Å². The highest BCUT2D eigenvalue weighted by molar-refractivity contribution is 7.09. The number of nitrogens with one attached hydrogen (secondary N) is 1. The Morgan fingerprint density at radius 2 is 2.54 bits per heavy atom. The number of nitrogens with zero attached hydrogens (tertiary/aromatic N) is 1. The maximum absolute atomic E-state index is 10.6. The number of carbonyl (C=O) groups excluding carboxylic acids is 1. The molecule has 1 heterocycles. The molecule has 0 saturated carbocycles. The first-order valence-electron chi connectivity index (χ1n) is 3.49. The van der Waals surface area contributed by atoms with E-state index in [-0.39, 0.29) is 0 Å². The molecule has 5 nitrogen and oxygen atoms in total. The maximum atomic E-state index is 10.6. The summed E-state index contributed by atoms with van der Waals surface area (Å²) in [6, 6.07) is -1.04. The molecule has 1 aromatic rings. The lowest BCUT2D eigenvalue weighted by atomic mass is 10.2. The van der Waals surface area contributed by atoms with E-state index in [0.29, 0.717) is 12.1 Å². The topological polar surface area (TPSA) is 79.3 Å². The highest BCUT2D eigenvalue weighted by Crippen LogP contribution is 2.15. The van der Waals surface area contributed by atoms with E-state index in [2.05, 4.69) is 10.3 Å². The molecule has 0 saturated heterocycles. The lowest BCUT2D eigenvalue weighted by Gasteiger charge is -2.06. The third-order valence-corrected chi connectivity index (χ3v) is 2.21. The van der Waals surface area contributed by atoms with Crippen LogP contribution in [0.15, 0.2) is 5.38 Å². The van der Waals surface area contributed by atoms with Gasteiger partial charge in [0.2, 0.25) is 6.41 Å². The summed E-state index contributed by atoms with van der Waals surface area (Å²) >= 11 is 1.35. The third-order valence-electron chi connectivity index (χ3n) is 1.41. The van der Waals surface area contributed by atoms with Gasteiger partial charge in [-0.2, -0.15) is 0 Å². The van der Waals surface area contributed by atoms with E-state index < -0.39 is 12.0 Å². The summed E-state index contributed by atoms with van der Waals surface area (Å²) in [4.78, 5) is 24.7. The first-order valence-corrected chi connectivity index (χ1v) is 4.37. The Balaban J connectivity index is 2.87. The van der Waals surface area contributed by atoms with Crippen molar-refractivity contribution in [2.24, 2.45) is 0 Å². The normalized spacial score (nSPS) is 12.1. The minimum atomic E-state index is -1.11. The van der Waals surface area contributed by atoms with Crippen LogP contribution < -0.4 is 5.32 Å². The standard InChI is InChI=1S/C7H8N2O3S/c1-4-9-5(2-13-4)6(7(11)12)8-3-10/h2-3,6H,1H3,(H,8,10)(H,11,12). The molecule has 1 amide bonds. The second kappa shape index (κ2) is 3.99. The van der Waals surface area contributed by atoms with E-state index in [0.717, 1.165) is 5.01 Å². The Kier molecular flexibility index (Phi) is 2.97. The number of amides is 1. The summed E-state index contributed by atoms with van der Waals surface area (Å²) in [5.41, 5.74) is 0.363. The summed E-state index contributed by atoms with van der Waals surface area (Å²) in [5.74, 6) is -1.11. The molecule has 1 unspecified atom stereocenters. The largest absolute Gasteiger partial charge is 0.479 e. The van der Waals surface area contributed by atoms with E-state index >= 15 is 0 Å². The van der Waals surface area contributed by atoms with Crippen LogP contribution in [0.3, 0.4) is 0 Å². The molecule has 0 aliphatic rings. The predicted molar refractivity (Wildman–Crippen MR) is 46.4 cm³/mol. The number of carboxylic acid groups (broad SMARTS) is 1. The first-order chi connectivity index (χ1) is 6.15. The van der Waals surface area contributed by atoms with Crippen LogP contribution in [0.25, 0.3) is 0 Å². The molecule has 13 heavy (non-hydrogen) atoms. The number of aryl methyl sites for hydroxylation is 1. The molecule has 0 aliphatic heterocycles. The van der Waals surface area contributed by atoms with Crippen LogP contribution >= 0.6 is 11.3 Å². The summed E-state index contributed by atoms with van der Waals surface area (Å²) in [7, 11) is 0. The van der Waals surface area contributed by atoms with Crippen molar-refractivity contribution >= 4 is 23.7 Å². The van der Waals surface area contributed by atoms with Crippen LogP contribution in [-0.2, 0) is 9.59 Å². The molecule has 0 spiro atoms. The Morgan fingerprint density at radius 1 is 1.85 bits per heavy atom. The van der Waals surface area contributed by atoms with Gasteiger partial charge >= 0.3 is 5.97 Å². The fraction of sp³-hybridized carbons (Fsp3) is 0.286. The van der Waals surface area contributed by atoms with Crippen LogP contribution in [0.2, 0.25) is 0 Å². The number of hydrogen-bond acceptors (Lipinski definition) is 4. The average Bonchev–Trinajstić information content (AvgIpc) is 2.46. The third kappa shape index (κ3) is 2.25. The van der Waals surface area contributed by atoms with Crippen LogP contribution in [0.4, 0.5) is 0 Å². The van der Waals surface area contributed by atoms with Crippen molar-refractivity contribution in [1.29, 1.82) is 0 Å². The first kappa shape index (κ1) is 9.66. The molecule has 0 radical (unpaired) electrons. The molecule has 70 valence electrons. The van der Waals surface area contributed by atoms with E-state index in [9.17, 15) is 9.59 Å². The highest BCUT2D eigenvalue weighted by Gasteiger charge is 2.20. The monoisotopic (exact) mass is 200 g/mol. The molecule has 1 rings (SSSR count). The predicted octanol–water partition coefficient (Wildman–Crippen LogP) is 0.323. The second-order valence-corrected chi connectivity index (χ2v) is 3.41. The number of carboxylic acids is 1.